The molecule has 1 aliphatic rings. The van der Waals surface area contributed by atoms with E-state index in [1.165, 1.54) is 17.3 Å². The van der Waals surface area contributed by atoms with Crippen molar-refractivity contribution in [2.75, 3.05) is 11.1 Å². The Morgan fingerprint density at radius 1 is 1.15 bits per heavy atom. The lowest BCUT2D eigenvalue weighted by atomic mass is 10.1. The first-order chi connectivity index (χ1) is 13.3. The largest absolute Gasteiger partial charge is 0.448 e. The van der Waals surface area contributed by atoms with Crippen molar-refractivity contribution in [1.29, 1.82) is 0 Å². The first kappa shape index (κ1) is 17.5. The maximum absolute atomic E-state index is 6.26. The van der Waals surface area contributed by atoms with Gasteiger partial charge in [-0.2, -0.15) is 4.98 Å². The first-order valence-corrected chi connectivity index (χ1v) is 9.87. The Kier molecular flexibility index (Phi) is 5.07. The van der Waals surface area contributed by atoms with Crippen LogP contribution in [0.4, 0.5) is 5.69 Å². The molecule has 1 aliphatic heterocycles. The molecule has 0 saturated heterocycles. The van der Waals surface area contributed by atoms with E-state index < -0.39 is 0 Å². The summed E-state index contributed by atoms with van der Waals surface area (Å²) in [5, 5.41) is 12.7. The van der Waals surface area contributed by atoms with Crippen LogP contribution in [0.15, 0.2) is 66.3 Å². The smallest absolute Gasteiger partial charge is 0.247 e. The number of aryl methyl sites for hydroxylation is 1. The Balaban J connectivity index is 1.76. The molecule has 0 amide bonds. The minimum Gasteiger partial charge on any atom is -0.448 e. The average molecular weight is 376 g/mol. The van der Waals surface area contributed by atoms with Gasteiger partial charge in [-0.25, -0.2) is 0 Å². The number of para-hydroxylation sites is 1. The normalized spacial score (nSPS) is 14.9. The molecule has 0 aliphatic carbocycles. The van der Waals surface area contributed by atoms with Gasteiger partial charge in [-0.05, 0) is 18.1 Å². The molecule has 1 atom stereocenters. The molecule has 136 valence electrons. The molecular weight excluding hydrogens is 356 g/mol. The number of fused-ring (bicyclic) bond motifs is 3. The molecule has 2 aromatic carbocycles. The van der Waals surface area contributed by atoms with E-state index >= 15 is 0 Å². The number of hydrogen-bond donors (Lipinski definition) is 1. The summed E-state index contributed by atoms with van der Waals surface area (Å²) in [6.07, 6.45) is 2.47. The van der Waals surface area contributed by atoms with Crippen LogP contribution in [0.25, 0.3) is 11.3 Å². The zero-order valence-corrected chi connectivity index (χ0v) is 15.9. The SMILES string of the molecule is C=CCSc1nnc2c(n1)OC(c1ccc(CC)cc1)Nc1ccccc1-2. The Morgan fingerprint density at radius 2 is 1.96 bits per heavy atom. The summed E-state index contributed by atoms with van der Waals surface area (Å²) in [5.74, 6) is 1.20. The molecule has 3 aromatic rings. The zero-order chi connectivity index (χ0) is 18.6. The minimum absolute atomic E-state index is 0.354. The summed E-state index contributed by atoms with van der Waals surface area (Å²) in [4.78, 5) is 4.60. The standard InChI is InChI=1S/C21H20N4OS/c1-3-13-27-21-23-20-18(24-25-21)16-7-5-6-8-17(16)22-19(26-20)15-11-9-14(4-2)10-12-15/h3,5-12,19,22H,1,4,13H2,2H3. The number of hydrogen-bond acceptors (Lipinski definition) is 6. The molecule has 1 N–H and O–H groups in total. The van der Waals surface area contributed by atoms with Crippen molar-refractivity contribution in [3.05, 3.63) is 72.3 Å². The molecule has 2 heterocycles. The van der Waals surface area contributed by atoms with Crippen LogP contribution >= 0.6 is 11.8 Å². The van der Waals surface area contributed by atoms with Gasteiger partial charge in [0, 0.05) is 22.6 Å². The quantitative estimate of drug-likeness (QED) is 0.506. The highest BCUT2D eigenvalue weighted by atomic mass is 32.2. The van der Waals surface area contributed by atoms with Crippen LogP contribution in [0.1, 0.15) is 24.3 Å². The van der Waals surface area contributed by atoms with E-state index in [0.29, 0.717) is 16.7 Å². The number of nitrogens with zero attached hydrogens (tertiary/aromatic N) is 3. The molecule has 0 radical (unpaired) electrons. The van der Waals surface area contributed by atoms with Crippen LogP contribution in [0.5, 0.6) is 5.88 Å². The van der Waals surface area contributed by atoms with E-state index in [1.54, 1.807) is 0 Å². The molecule has 0 bridgehead atoms. The molecule has 5 nitrogen and oxygen atoms in total. The average Bonchev–Trinajstić information content (AvgIpc) is 2.88. The molecule has 6 heteroatoms. The van der Waals surface area contributed by atoms with E-state index in [-0.39, 0.29) is 6.23 Å². The van der Waals surface area contributed by atoms with E-state index in [9.17, 15) is 0 Å². The van der Waals surface area contributed by atoms with Gasteiger partial charge in [0.25, 0.3) is 0 Å². The van der Waals surface area contributed by atoms with Crippen LogP contribution < -0.4 is 10.1 Å². The third-order valence-corrected chi connectivity index (χ3v) is 5.19. The van der Waals surface area contributed by atoms with Gasteiger partial charge in [-0.1, -0.05) is 67.2 Å². The van der Waals surface area contributed by atoms with E-state index in [2.05, 4.69) is 58.3 Å². The van der Waals surface area contributed by atoms with Crippen molar-refractivity contribution >= 4 is 17.4 Å². The van der Waals surface area contributed by atoms with Crippen molar-refractivity contribution in [2.45, 2.75) is 24.7 Å². The van der Waals surface area contributed by atoms with Crippen molar-refractivity contribution in [2.24, 2.45) is 0 Å². The fraction of sp³-hybridized carbons (Fsp3) is 0.190. The summed E-state index contributed by atoms with van der Waals surface area (Å²) in [6.45, 7) is 5.88. The summed E-state index contributed by atoms with van der Waals surface area (Å²) in [5.41, 5.74) is 4.85. The van der Waals surface area contributed by atoms with Gasteiger partial charge in [0.1, 0.15) is 0 Å². The van der Waals surface area contributed by atoms with Crippen LogP contribution in [0.2, 0.25) is 0 Å². The molecule has 0 fully saturated rings. The summed E-state index contributed by atoms with van der Waals surface area (Å²) in [6, 6.07) is 16.4. The third-order valence-electron chi connectivity index (χ3n) is 4.35. The molecule has 4 rings (SSSR count). The lowest BCUT2D eigenvalue weighted by Gasteiger charge is -2.19. The maximum Gasteiger partial charge on any atom is 0.247 e. The topological polar surface area (TPSA) is 59.9 Å². The highest BCUT2D eigenvalue weighted by Crippen LogP contribution is 2.39. The predicted molar refractivity (Wildman–Crippen MR) is 109 cm³/mol. The van der Waals surface area contributed by atoms with Crippen LogP contribution in [0, 0.1) is 0 Å². The maximum atomic E-state index is 6.26. The van der Waals surface area contributed by atoms with E-state index in [4.69, 9.17) is 4.74 Å². The van der Waals surface area contributed by atoms with Gasteiger partial charge in [0.05, 0.1) is 0 Å². The fourth-order valence-corrected chi connectivity index (χ4v) is 3.43. The molecular formula is C21H20N4OS. The zero-order valence-electron chi connectivity index (χ0n) is 15.1. The minimum atomic E-state index is -0.354. The highest BCUT2D eigenvalue weighted by molar-refractivity contribution is 7.99. The van der Waals surface area contributed by atoms with Gasteiger partial charge in [0.2, 0.25) is 11.0 Å². The number of nitrogens with one attached hydrogen (secondary N) is 1. The number of aromatic nitrogens is 3. The van der Waals surface area contributed by atoms with Gasteiger partial charge in [-0.15, -0.1) is 16.8 Å². The number of thioether (sulfide) groups is 1. The van der Waals surface area contributed by atoms with Crippen molar-refractivity contribution < 1.29 is 4.74 Å². The summed E-state index contributed by atoms with van der Waals surface area (Å²) < 4.78 is 6.26. The monoisotopic (exact) mass is 376 g/mol. The predicted octanol–water partition coefficient (Wildman–Crippen LogP) is 4.88. The van der Waals surface area contributed by atoms with Crippen LogP contribution in [-0.2, 0) is 6.42 Å². The van der Waals surface area contributed by atoms with E-state index in [1.807, 2.05) is 30.3 Å². The fourth-order valence-electron chi connectivity index (χ4n) is 2.92. The van der Waals surface area contributed by atoms with E-state index in [0.717, 1.165) is 29.0 Å². The summed E-state index contributed by atoms with van der Waals surface area (Å²) >= 11 is 1.48. The van der Waals surface area contributed by atoms with Gasteiger partial charge >= 0.3 is 0 Å². The third kappa shape index (κ3) is 3.66. The number of ether oxygens (including phenoxy) is 1. The number of rotatable bonds is 5. The Morgan fingerprint density at radius 3 is 2.74 bits per heavy atom. The second-order valence-corrected chi connectivity index (χ2v) is 7.12. The lowest BCUT2D eigenvalue weighted by Crippen LogP contribution is -2.17. The first-order valence-electron chi connectivity index (χ1n) is 8.88. The number of benzene rings is 2. The lowest BCUT2D eigenvalue weighted by molar-refractivity contribution is 0.225. The second-order valence-electron chi connectivity index (χ2n) is 6.13. The molecule has 1 aromatic heterocycles. The van der Waals surface area contributed by atoms with Gasteiger partial charge in [-0.3, -0.25) is 0 Å². The van der Waals surface area contributed by atoms with Gasteiger partial charge < -0.3 is 10.1 Å². The summed E-state index contributed by atoms with van der Waals surface area (Å²) in [7, 11) is 0. The van der Waals surface area contributed by atoms with Crippen molar-refractivity contribution in [3.63, 3.8) is 0 Å². The van der Waals surface area contributed by atoms with Crippen LogP contribution in [0.3, 0.4) is 0 Å². The Bertz CT molecular complexity index is 959. The highest BCUT2D eigenvalue weighted by Gasteiger charge is 2.25. The molecule has 1 unspecified atom stereocenters. The molecule has 0 saturated carbocycles. The van der Waals surface area contributed by atoms with Crippen LogP contribution in [-0.4, -0.2) is 20.9 Å². The number of anilines is 1. The van der Waals surface area contributed by atoms with Crippen molar-refractivity contribution in [3.8, 4) is 17.1 Å². The molecule has 0 spiro atoms. The second kappa shape index (κ2) is 7.80. The van der Waals surface area contributed by atoms with Gasteiger partial charge in [0.15, 0.2) is 11.9 Å². The molecule has 27 heavy (non-hydrogen) atoms. The Labute approximate surface area is 162 Å². The Hall–Kier alpha value is -2.86. The van der Waals surface area contributed by atoms with Crippen molar-refractivity contribution in [1.82, 2.24) is 15.2 Å².